The van der Waals surface area contributed by atoms with Crippen molar-refractivity contribution in [1.82, 2.24) is 0 Å². The molecule has 5 nitrogen and oxygen atoms in total. The molecule has 2 rings (SSSR count). The van der Waals surface area contributed by atoms with Crippen LogP contribution in [0.1, 0.15) is 5.56 Å². The van der Waals surface area contributed by atoms with Crippen molar-refractivity contribution in [3.8, 4) is 5.75 Å². The standard InChI is InChI=1S/C18H15F2NO4/c1-24-14-4-2-3-12(9-14)5-8-18(23)25-11-17(22)21-16-7-6-13(19)10-15(16)20/h2-10H,11H2,1H3,(H,21,22)/b8-5+. The molecule has 25 heavy (non-hydrogen) atoms. The lowest BCUT2D eigenvalue weighted by Crippen LogP contribution is -2.20. The zero-order valence-electron chi connectivity index (χ0n) is 13.3. The lowest BCUT2D eigenvalue weighted by atomic mass is 10.2. The number of esters is 1. The van der Waals surface area contributed by atoms with Gasteiger partial charge in [-0.3, -0.25) is 4.79 Å². The molecular formula is C18H15F2NO4. The number of halogens is 2. The molecule has 0 radical (unpaired) electrons. The first kappa shape index (κ1) is 18.1. The van der Waals surface area contributed by atoms with E-state index in [1.165, 1.54) is 13.2 Å². The summed E-state index contributed by atoms with van der Waals surface area (Å²) in [6.45, 7) is -0.599. The average molecular weight is 347 g/mol. The zero-order valence-corrected chi connectivity index (χ0v) is 13.3. The molecule has 0 bridgehead atoms. The number of rotatable bonds is 6. The maximum absolute atomic E-state index is 13.4. The molecule has 0 aliphatic carbocycles. The quantitative estimate of drug-likeness (QED) is 0.644. The number of carbonyl (C=O) groups is 2. The number of carbonyl (C=O) groups excluding carboxylic acids is 2. The molecule has 0 aliphatic heterocycles. The van der Waals surface area contributed by atoms with Crippen LogP contribution in [0, 0.1) is 11.6 Å². The summed E-state index contributed by atoms with van der Waals surface area (Å²) in [4.78, 5) is 23.2. The summed E-state index contributed by atoms with van der Waals surface area (Å²) in [6, 6.07) is 9.71. The predicted molar refractivity (Wildman–Crippen MR) is 88.0 cm³/mol. The third kappa shape index (κ3) is 5.72. The van der Waals surface area contributed by atoms with E-state index in [0.717, 1.165) is 18.2 Å². The number of methoxy groups -OCH3 is 1. The molecule has 1 N–H and O–H groups in total. The van der Waals surface area contributed by atoms with Crippen molar-refractivity contribution in [2.45, 2.75) is 0 Å². The number of hydrogen-bond donors (Lipinski definition) is 1. The lowest BCUT2D eigenvalue weighted by molar-refractivity contribution is -0.142. The SMILES string of the molecule is COc1cccc(/C=C/C(=O)OCC(=O)Nc2ccc(F)cc2F)c1. The second-order valence-electron chi connectivity index (χ2n) is 4.89. The smallest absolute Gasteiger partial charge is 0.331 e. The van der Waals surface area contributed by atoms with Gasteiger partial charge < -0.3 is 14.8 Å². The van der Waals surface area contributed by atoms with E-state index in [4.69, 9.17) is 9.47 Å². The van der Waals surface area contributed by atoms with E-state index in [0.29, 0.717) is 17.4 Å². The fraction of sp³-hybridized carbons (Fsp3) is 0.111. The molecule has 0 atom stereocenters. The van der Waals surface area contributed by atoms with Crippen LogP contribution >= 0.6 is 0 Å². The Kier molecular flexibility index (Phi) is 6.22. The Bertz CT molecular complexity index is 805. The van der Waals surface area contributed by atoms with Gasteiger partial charge in [0.2, 0.25) is 0 Å². The van der Waals surface area contributed by atoms with Crippen molar-refractivity contribution in [1.29, 1.82) is 0 Å². The monoisotopic (exact) mass is 347 g/mol. The molecule has 0 saturated heterocycles. The van der Waals surface area contributed by atoms with Crippen LogP contribution in [-0.2, 0) is 14.3 Å². The van der Waals surface area contributed by atoms with Gasteiger partial charge in [-0.25, -0.2) is 13.6 Å². The van der Waals surface area contributed by atoms with Crippen LogP contribution in [0.3, 0.4) is 0 Å². The molecule has 0 heterocycles. The first-order valence-corrected chi connectivity index (χ1v) is 7.22. The molecule has 0 unspecified atom stereocenters. The Hall–Kier alpha value is -3.22. The minimum atomic E-state index is -0.919. The highest BCUT2D eigenvalue weighted by molar-refractivity contribution is 5.94. The topological polar surface area (TPSA) is 64.6 Å². The van der Waals surface area contributed by atoms with E-state index < -0.39 is 30.1 Å². The van der Waals surface area contributed by atoms with E-state index in [1.54, 1.807) is 24.3 Å². The molecular weight excluding hydrogens is 332 g/mol. The van der Waals surface area contributed by atoms with E-state index in [1.807, 2.05) is 0 Å². The molecule has 0 aromatic heterocycles. The summed E-state index contributed by atoms with van der Waals surface area (Å²) in [5.41, 5.74) is 0.517. The van der Waals surface area contributed by atoms with Crippen molar-refractivity contribution in [2.75, 3.05) is 19.0 Å². The van der Waals surface area contributed by atoms with Crippen LogP contribution in [0.15, 0.2) is 48.5 Å². The maximum Gasteiger partial charge on any atom is 0.331 e. The van der Waals surface area contributed by atoms with Crippen LogP contribution in [0.25, 0.3) is 6.08 Å². The number of ether oxygens (including phenoxy) is 2. The van der Waals surface area contributed by atoms with Gasteiger partial charge in [-0.1, -0.05) is 12.1 Å². The number of nitrogens with one attached hydrogen (secondary N) is 1. The van der Waals surface area contributed by atoms with Crippen molar-refractivity contribution < 1.29 is 27.8 Å². The maximum atomic E-state index is 13.4. The van der Waals surface area contributed by atoms with E-state index in [2.05, 4.69) is 5.32 Å². The molecule has 0 saturated carbocycles. The molecule has 7 heteroatoms. The fourth-order valence-corrected chi connectivity index (χ4v) is 1.87. The number of anilines is 1. The summed E-state index contributed by atoms with van der Waals surface area (Å²) in [5, 5.41) is 2.18. The second-order valence-corrected chi connectivity index (χ2v) is 4.89. The number of hydrogen-bond acceptors (Lipinski definition) is 4. The highest BCUT2D eigenvalue weighted by Crippen LogP contribution is 2.15. The van der Waals surface area contributed by atoms with Gasteiger partial charge in [0.15, 0.2) is 6.61 Å². The molecule has 0 aliphatic rings. The number of amides is 1. The van der Waals surface area contributed by atoms with Gasteiger partial charge in [-0.15, -0.1) is 0 Å². The highest BCUT2D eigenvalue weighted by Gasteiger charge is 2.09. The van der Waals surface area contributed by atoms with E-state index in [9.17, 15) is 18.4 Å². The largest absolute Gasteiger partial charge is 0.497 e. The molecule has 0 fully saturated rings. The summed E-state index contributed by atoms with van der Waals surface area (Å²) in [5.74, 6) is -2.52. The third-order valence-electron chi connectivity index (χ3n) is 3.06. The van der Waals surface area contributed by atoms with Crippen LogP contribution < -0.4 is 10.1 Å². The summed E-state index contributed by atoms with van der Waals surface area (Å²) in [7, 11) is 1.53. The third-order valence-corrected chi connectivity index (χ3v) is 3.06. The Morgan fingerprint density at radius 2 is 1.96 bits per heavy atom. The van der Waals surface area contributed by atoms with Crippen molar-refractivity contribution in [2.24, 2.45) is 0 Å². The highest BCUT2D eigenvalue weighted by atomic mass is 19.1. The van der Waals surface area contributed by atoms with Gasteiger partial charge in [0, 0.05) is 12.1 Å². The Morgan fingerprint density at radius 1 is 1.16 bits per heavy atom. The molecule has 1 amide bonds. The van der Waals surface area contributed by atoms with Crippen molar-refractivity contribution in [3.05, 3.63) is 65.7 Å². The Morgan fingerprint density at radius 3 is 2.68 bits per heavy atom. The van der Waals surface area contributed by atoms with E-state index >= 15 is 0 Å². The van der Waals surface area contributed by atoms with Crippen LogP contribution in [-0.4, -0.2) is 25.6 Å². The van der Waals surface area contributed by atoms with E-state index in [-0.39, 0.29) is 5.69 Å². The summed E-state index contributed by atoms with van der Waals surface area (Å²) >= 11 is 0. The Labute approximate surface area is 142 Å². The van der Waals surface area contributed by atoms with Crippen LogP contribution in [0.4, 0.5) is 14.5 Å². The summed E-state index contributed by atoms with van der Waals surface area (Å²) in [6.07, 6.45) is 2.66. The van der Waals surface area contributed by atoms with Gasteiger partial charge >= 0.3 is 5.97 Å². The lowest BCUT2D eigenvalue weighted by Gasteiger charge is -2.06. The van der Waals surface area contributed by atoms with Gasteiger partial charge in [-0.2, -0.15) is 0 Å². The predicted octanol–water partition coefficient (Wildman–Crippen LogP) is 3.17. The van der Waals surface area contributed by atoms with Crippen LogP contribution in [0.5, 0.6) is 5.75 Å². The minimum absolute atomic E-state index is 0.200. The van der Waals surface area contributed by atoms with Gasteiger partial charge in [0.05, 0.1) is 12.8 Å². The molecule has 2 aromatic rings. The average Bonchev–Trinajstić information content (AvgIpc) is 2.60. The zero-order chi connectivity index (χ0) is 18.2. The van der Waals surface area contributed by atoms with Crippen molar-refractivity contribution >= 4 is 23.6 Å². The van der Waals surface area contributed by atoms with Crippen LogP contribution in [0.2, 0.25) is 0 Å². The number of benzene rings is 2. The van der Waals surface area contributed by atoms with Gasteiger partial charge in [0.1, 0.15) is 17.4 Å². The minimum Gasteiger partial charge on any atom is -0.497 e. The normalized spacial score (nSPS) is 10.5. The Balaban J connectivity index is 1.84. The van der Waals surface area contributed by atoms with Crippen molar-refractivity contribution in [3.63, 3.8) is 0 Å². The molecule has 130 valence electrons. The summed E-state index contributed by atoms with van der Waals surface area (Å²) < 4.78 is 36.0. The van der Waals surface area contributed by atoms with Gasteiger partial charge in [0.25, 0.3) is 5.91 Å². The van der Waals surface area contributed by atoms with Gasteiger partial charge in [-0.05, 0) is 35.9 Å². The second kappa shape index (κ2) is 8.58. The molecule has 0 spiro atoms. The first-order valence-electron chi connectivity index (χ1n) is 7.22. The first-order chi connectivity index (χ1) is 12.0. The fourth-order valence-electron chi connectivity index (χ4n) is 1.87. The molecule has 2 aromatic carbocycles.